The lowest BCUT2D eigenvalue weighted by Gasteiger charge is -2.16. The summed E-state index contributed by atoms with van der Waals surface area (Å²) in [5, 5.41) is 3.71. The highest BCUT2D eigenvalue weighted by Gasteiger charge is 2.34. The molecule has 0 atom stereocenters. The highest BCUT2D eigenvalue weighted by atomic mass is 19.4. The van der Waals surface area contributed by atoms with Crippen molar-refractivity contribution in [3.05, 3.63) is 83.7 Å². The van der Waals surface area contributed by atoms with Crippen molar-refractivity contribution in [1.82, 2.24) is 9.88 Å². The summed E-state index contributed by atoms with van der Waals surface area (Å²) in [5.41, 5.74) is -2.45. The molecule has 0 aliphatic carbocycles. The van der Waals surface area contributed by atoms with Crippen molar-refractivity contribution >= 4 is 17.6 Å². The van der Waals surface area contributed by atoms with E-state index in [1.165, 1.54) is 23.0 Å². The van der Waals surface area contributed by atoms with Gasteiger partial charge in [0.25, 0.3) is 5.91 Å². The Hall–Kier alpha value is -3.69. The summed E-state index contributed by atoms with van der Waals surface area (Å²) in [4.78, 5) is 23.8. The van der Waals surface area contributed by atoms with Gasteiger partial charge >= 0.3 is 12.2 Å². The summed E-state index contributed by atoms with van der Waals surface area (Å²) < 4.78 is 68.6. The number of nitrogens with one attached hydrogen (secondary N) is 2. The van der Waals surface area contributed by atoms with E-state index >= 15 is 0 Å². The minimum atomic E-state index is -4.72. The molecule has 0 aliphatic rings. The zero-order valence-electron chi connectivity index (χ0n) is 14.4. The number of amides is 3. The molecule has 0 radical (unpaired) electrons. The molecule has 0 aliphatic heterocycles. The van der Waals surface area contributed by atoms with Gasteiger partial charge in [-0.1, -0.05) is 6.07 Å². The highest BCUT2D eigenvalue weighted by Crippen LogP contribution is 2.35. The van der Waals surface area contributed by atoms with E-state index in [1.54, 1.807) is 17.4 Å². The van der Waals surface area contributed by atoms with Gasteiger partial charge in [-0.25, -0.2) is 13.6 Å². The van der Waals surface area contributed by atoms with E-state index in [-0.39, 0.29) is 11.4 Å². The summed E-state index contributed by atoms with van der Waals surface area (Å²) in [6.45, 7) is 0. The third-order valence-corrected chi connectivity index (χ3v) is 3.86. The third-order valence-electron chi connectivity index (χ3n) is 3.86. The van der Waals surface area contributed by atoms with Crippen LogP contribution < -0.4 is 10.6 Å². The largest absolute Gasteiger partial charge is 0.418 e. The Bertz CT molecular complexity index is 1040. The van der Waals surface area contributed by atoms with Crippen molar-refractivity contribution in [1.29, 1.82) is 0 Å². The Kier molecular flexibility index (Phi) is 5.35. The molecular weight excluding hydrogens is 397 g/mol. The molecule has 2 aromatic carbocycles. The van der Waals surface area contributed by atoms with Gasteiger partial charge in [-0.15, -0.1) is 0 Å². The number of rotatable bonds is 3. The van der Waals surface area contributed by atoms with E-state index in [9.17, 15) is 31.5 Å². The zero-order valence-corrected chi connectivity index (χ0v) is 14.4. The molecule has 1 aromatic heterocycles. The van der Waals surface area contributed by atoms with E-state index in [1.807, 2.05) is 5.32 Å². The lowest BCUT2D eigenvalue weighted by molar-refractivity contribution is -0.137. The fourth-order valence-electron chi connectivity index (χ4n) is 2.60. The number of nitrogens with zero attached hydrogens (tertiary/aromatic N) is 1. The van der Waals surface area contributed by atoms with Gasteiger partial charge in [0.15, 0.2) is 0 Å². The van der Waals surface area contributed by atoms with E-state index in [2.05, 4.69) is 0 Å². The molecule has 29 heavy (non-hydrogen) atoms. The summed E-state index contributed by atoms with van der Waals surface area (Å²) in [6.07, 6.45) is -1.88. The van der Waals surface area contributed by atoms with E-state index < -0.39 is 40.9 Å². The minimum absolute atomic E-state index is 0.169. The van der Waals surface area contributed by atoms with Gasteiger partial charge in [-0.3, -0.25) is 10.1 Å². The predicted molar refractivity (Wildman–Crippen MR) is 93.6 cm³/mol. The predicted octanol–water partition coefficient (Wildman–Crippen LogP) is 4.74. The van der Waals surface area contributed by atoms with Gasteiger partial charge < -0.3 is 9.88 Å². The molecule has 10 heteroatoms. The fraction of sp³-hybridized carbons (Fsp3) is 0.0526. The number of halogens is 5. The lowest BCUT2D eigenvalue weighted by atomic mass is 10.1. The number of hydrogen-bond donors (Lipinski definition) is 2. The van der Waals surface area contributed by atoms with E-state index in [0.717, 1.165) is 24.3 Å². The maximum absolute atomic E-state index is 13.6. The maximum Gasteiger partial charge on any atom is 0.418 e. The molecule has 3 rings (SSSR count). The molecule has 1 heterocycles. The first-order valence-corrected chi connectivity index (χ1v) is 8.08. The molecule has 0 saturated heterocycles. The Morgan fingerprint density at radius 2 is 1.52 bits per heavy atom. The number of imide groups is 1. The molecule has 0 bridgehead atoms. The molecule has 150 valence electrons. The van der Waals surface area contributed by atoms with Crippen LogP contribution in [-0.4, -0.2) is 16.5 Å². The van der Waals surface area contributed by atoms with Crippen LogP contribution in [0, 0.1) is 11.6 Å². The van der Waals surface area contributed by atoms with Crippen molar-refractivity contribution in [2.45, 2.75) is 6.18 Å². The monoisotopic (exact) mass is 409 g/mol. The summed E-state index contributed by atoms with van der Waals surface area (Å²) in [7, 11) is 0. The Morgan fingerprint density at radius 3 is 2.10 bits per heavy atom. The van der Waals surface area contributed by atoms with Crippen LogP contribution in [0.25, 0.3) is 5.69 Å². The molecule has 0 fully saturated rings. The number of alkyl halides is 3. The smallest absolute Gasteiger partial charge is 0.323 e. The quantitative estimate of drug-likeness (QED) is 0.614. The van der Waals surface area contributed by atoms with Gasteiger partial charge in [0.2, 0.25) is 0 Å². The van der Waals surface area contributed by atoms with Gasteiger partial charge in [-0.2, -0.15) is 13.2 Å². The number of carbonyl (C=O) groups excluding carboxylic acids is 2. The number of aromatic nitrogens is 1. The van der Waals surface area contributed by atoms with Crippen molar-refractivity contribution in [2.24, 2.45) is 0 Å². The van der Waals surface area contributed by atoms with Crippen LogP contribution >= 0.6 is 0 Å². The first-order chi connectivity index (χ1) is 13.7. The zero-order chi connectivity index (χ0) is 21.2. The number of hydrogen-bond acceptors (Lipinski definition) is 2. The van der Waals surface area contributed by atoms with Crippen molar-refractivity contribution < 1.29 is 31.5 Å². The third kappa shape index (κ3) is 4.42. The topological polar surface area (TPSA) is 63.1 Å². The highest BCUT2D eigenvalue weighted by molar-refractivity contribution is 6.08. The maximum atomic E-state index is 13.6. The van der Waals surface area contributed by atoms with Crippen LogP contribution in [0.15, 0.2) is 60.9 Å². The lowest BCUT2D eigenvalue weighted by Crippen LogP contribution is -2.35. The molecular formula is C19H12F5N3O2. The number of anilines is 1. The second-order valence-electron chi connectivity index (χ2n) is 5.82. The second-order valence-corrected chi connectivity index (χ2v) is 5.82. The molecule has 2 N–H and O–H groups in total. The van der Waals surface area contributed by atoms with Gasteiger partial charge in [0.1, 0.15) is 17.2 Å². The number of urea groups is 1. The second kappa shape index (κ2) is 7.74. The summed E-state index contributed by atoms with van der Waals surface area (Å²) in [5.74, 6) is -3.76. The van der Waals surface area contributed by atoms with Crippen LogP contribution in [0.4, 0.5) is 32.4 Å². The summed E-state index contributed by atoms with van der Waals surface area (Å²) >= 11 is 0. The van der Waals surface area contributed by atoms with Gasteiger partial charge in [-0.05, 0) is 42.5 Å². The summed E-state index contributed by atoms with van der Waals surface area (Å²) in [6, 6.07) is 7.54. The van der Waals surface area contributed by atoms with Crippen LogP contribution in [0.1, 0.15) is 15.9 Å². The van der Waals surface area contributed by atoms with Crippen LogP contribution in [0.2, 0.25) is 0 Å². The van der Waals surface area contributed by atoms with Gasteiger partial charge in [0, 0.05) is 18.1 Å². The number of carbonyl (C=O) groups is 2. The molecule has 5 nitrogen and oxygen atoms in total. The minimum Gasteiger partial charge on any atom is -0.323 e. The first-order valence-electron chi connectivity index (χ1n) is 8.08. The fourth-order valence-corrected chi connectivity index (χ4v) is 2.60. The SMILES string of the molecule is O=C(NC(=O)c1c(F)cccc1F)Nc1ccc(-n2cccc2)c(C(F)(F)F)c1. The molecule has 0 spiro atoms. The van der Waals surface area contributed by atoms with Crippen molar-refractivity contribution in [3.63, 3.8) is 0 Å². The molecule has 0 unspecified atom stereocenters. The molecule has 3 aromatic rings. The Labute approximate surface area is 160 Å². The molecule has 3 amide bonds. The van der Waals surface area contributed by atoms with Crippen LogP contribution in [0.3, 0.4) is 0 Å². The average Bonchev–Trinajstić information content (AvgIpc) is 3.15. The standard InChI is InChI=1S/C19H12F5N3O2/c20-13-4-3-5-14(21)16(13)17(28)26-18(29)25-11-6-7-15(27-8-1-2-9-27)12(10-11)19(22,23)24/h1-10H,(H2,25,26,28,29). The van der Waals surface area contributed by atoms with Crippen LogP contribution in [-0.2, 0) is 6.18 Å². The average molecular weight is 409 g/mol. The Morgan fingerprint density at radius 1 is 0.897 bits per heavy atom. The van der Waals surface area contributed by atoms with Gasteiger partial charge in [0.05, 0.1) is 11.3 Å². The first kappa shape index (κ1) is 20.1. The number of benzene rings is 2. The van der Waals surface area contributed by atoms with E-state index in [0.29, 0.717) is 6.07 Å². The van der Waals surface area contributed by atoms with Crippen molar-refractivity contribution in [3.8, 4) is 5.69 Å². The normalized spacial score (nSPS) is 11.2. The van der Waals surface area contributed by atoms with Crippen molar-refractivity contribution in [2.75, 3.05) is 5.32 Å². The molecule has 0 saturated carbocycles. The Balaban J connectivity index is 1.81. The van der Waals surface area contributed by atoms with E-state index in [4.69, 9.17) is 0 Å². The van der Waals surface area contributed by atoms with Crippen LogP contribution in [0.5, 0.6) is 0 Å².